The Hall–Kier alpha value is -1.91. The fourth-order valence-electron chi connectivity index (χ4n) is 2.98. The van der Waals surface area contributed by atoms with Crippen LogP contribution in [0.25, 0.3) is 0 Å². The fraction of sp³-hybridized carbons (Fsp3) is 0.632. The monoisotopic (exact) mass is 332 g/mol. The van der Waals surface area contributed by atoms with Gasteiger partial charge in [0.1, 0.15) is 11.4 Å². The number of ether oxygens (including phenoxy) is 2. The third-order valence-electron chi connectivity index (χ3n) is 4.39. The summed E-state index contributed by atoms with van der Waals surface area (Å²) in [5.74, 6) is 1.05. The Morgan fingerprint density at radius 3 is 2.58 bits per heavy atom. The van der Waals surface area contributed by atoms with Gasteiger partial charge in [-0.25, -0.2) is 4.79 Å². The number of anilines is 2. The van der Waals surface area contributed by atoms with Gasteiger partial charge in [0.2, 0.25) is 0 Å². The van der Waals surface area contributed by atoms with E-state index in [1.54, 1.807) is 0 Å². The van der Waals surface area contributed by atoms with E-state index < -0.39 is 11.8 Å². The van der Waals surface area contributed by atoms with Gasteiger partial charge in [0.15, 0.2) is 0 Å². The summed E-state index contributed by atoms with van der Waals surface area (Å²) in [6.45, 7) is 11.0. The smallest absolute Gasteiger partial charge is 0.428 e. The summed E-state index contributed by atoms with van der Waals surface area (Å²) in [6, 6.07) is 6.84. The van der Waals surface area contributed by atoms with Gasteiger partial charge in [-0.05, 0) is 51.7 Å². The first-order valence-corrected chi connectivity index (χ1v) is 8.81. The van der Waals surface area contributed by atoms with Gasteiger partial charge in [-0.1, -0.05) is 13.8 Å². The predicted molar refractivity (Wildman–Crippen MR) is 95.9 cm³/mol. The molecule has 0 radical (unpaired) electrons. The average molecular weight is 332 g/mol. The van der Waals surface area contributed by atoms with Crippen molar-refractivity contribution in [2.75, 3.05) is 16.8 Å². The standard InChI is InChI=1S/C19H28N2O3/c1-12(2)16-11-21(13-6-7-13)17-9-8-14(10-15(17)20-16)23-18(22)24-19(3,4)5/h8-10,12-13,16,20H,6-7,11H2,1-5H3. The van der Waals surface area contributed by atoms with Crippen LogP contribution in [-0.2, 0) is 4.74 Å². The summed E-state index contributed by atoms with van der Waals surface area (Å²) in [4.78, 5) is 14.4. The molecular weight excluding hydrogens is 304 g/mol. The van der Waals surface area contributed by atoms with E-state index in [0.717, 1.165) is 12.2 Å². The highest BCUT2D eigenvalue weighted by molar-refractivity contribution is 5.76. The molecule has 1 atom stereocenters. The number of carbonyl (C=O) groups is 1. The molecule has 1 fully saturated rings. The van der Waals surface area contributed by atoms with Crippen LogP contribution in [0.1, 0.15) is 47.5 Å². The number of hydrogen-bond acceptors (Lipinski definition) is 5. The summed E-state index contributed by atoms with van der Waals surface area (Å²) >= 11 is 0. The van der Waals surface area contributed by atoms with Crippen LogP contribution in [0.15, 0.2) is 18.2 Å². The molecule has 1 aliphatic heterocycles. The van der Waals surface area contributed by atoms with Crippen molar-refractivity contribution in [2.45, 2.75) is 65.1 Å². The van der Waals surface area contributed by atoms with Gasteiger partial charge in [0, 0.05) is 24.7 Å². The van der Waals surface area contributed by atoms with Gasteiger partial charge < -0.3 is 19.7 Å². The average Bonchev–Trinajstić information content (AvgIpc) is 3.28. The number of hydrogen-bond donors (Lipinski definition) is 1. The molecule has 1 unspecified atom stereocenters. The van der Waals surface area contributed by atoms with Crippen molar-refractivity contribution in [2.24, 2.45) is 5.92 Å². The largest absolute Gasteiger partial charge is 0.514 e. The summed E-state index contributed by atoms with van der Waals surface area (Å²) in [5.41, 5.74) is 1.67. The van der Waals surface area contributed by atoms with E-state index in [1.165, 1.54) is 18.5 Å². The van der Waals surface area contributed by atoms with E-state index >= 15 is 0 Å². The first-order chi connectivity index (χ1) is 11.2. The van der Waals surface area contributed by atoms with E-state index in [-0.39, 0.29) is 0 Å². The first-order valence-electron chi connectivity index (χ1n) is 8.81. The molecule has 3 rings (SSSR count). The number of nitrogens with zero attached hydrogens (tertiary/aromatic N) is 1. The van der Waals surface area contributed by atoms with Crippen LogP contribution < -0.4 is 15.0 Å². The molecule has 0 saturated heterocycles. The van der Waals surface area contributed by atoms with Crippen LogP contribution >= 0.6 is 0 Å². The molecule has 1 N–H and O–H groups in total. The Kier molecular flexibility index (Phi) is 4.37. The summed E-state index contributed by atoms with van der Waals surface area (Å²) in [6.07, 6.45) is 1.86. The molecule has 0 bridgehead atoms. The molecule has 24 heavy (non-hydrogen) atoms. The molecule has 1 saturated carbocycles. The highest BCUT2D eigenvalue weighted by Crippen LogP contribution is 2.41. The lowest BCUT2D eigenvalue weighted by Gasteiger charge is -2.39. The molecule has 1 aliphatic carbocycles. The van der Waals surface area contributed by atoms with Crippen molar-refractivity contribution in [3.63, 3.8) is 0 Å². The lowest BCUT2D eigenvalue weighted by atomic mass is 9.99. The molecule has 2 aliphatic rings. The van der Waals surface area contributed by atoms with Crippen LogP contribution in [0.5, 0.6) is 5.75 Å². The number of carbonyl (C=O) groups excluding carboxylic acids is 1. The van der Waals surface area contributed by atoms with Gasteiger partial charge in [-0.3, -0.25) is 0 Å². The van der Waals surface area contributed by atoms with E-state index in [4.69, 9.17) is 9.47 Å². The molecular formula is C19H28N2O3. The summed E-state index contributed by atoms with van der Waals surface area (Å²) < 4.78 is 10.6. The fourth-order valence-corrected chi connectivity index (χ4v) is 2.98. The predicted octanol–water partition coefficient (Wildman–Crippen LogP) is 4.42. The van der Waals surface area contributed by atoms with Gasteiger partial charge in [-0.2, -0.15) is 0 Å². The van der Waals surface area contributed by atoms with E-state index in [9.17, 15) is 4.79 Å². The molecule has 132 valence electrons. The number of nitrogens with one attached hydrogen (secondary N) is 1. The van der Waals surface area contributed by atoms with Crippen LogP contribution in [0, 0.1) is 5.92 Å². The van der Waals surface area contributed by atoms with Crippen molar-refractivity contribution in [1.82, 2.24) is 0 Å². The molecule has 0 aromatic heterocycles. The summed E-state index contributed by atoms with van der Waals surface area (Å²) in [7, 11) is 0. The molecule has 5 heteroatoms. The second-order valence-electron chi connectivity index (χ2n) is 8.12. The van der Waals surface area contributed by atoms with E-state index in [0.29, 0.717) is 23.8 Å². The summed E-state index contributed by atoms with van der Waals surface area (Å²) in [5, 5.41) is 3.60. The van der Waals surface area contributed by atoms with Crippen molar-refractivity contribution in [1.29, 1.82) is 0 Å². The zero-order chi connectivity index (χ0) is 17.5. The van der Waals surface area contributed by atoms with Gasteiger partial charge in [0.05, 0.1) is 11.4 Å². The topological polar surface area (TPSA) is 50.8 Å². The Balaban J connectivity index is 1.78. The van der Waals surface area contributed by atoms with Crippen molar-refractivity contribution < 1.29 is 14.3 Å². The third kappa shape index (κ3) is 3.94. The SMILES string of the molecule is CC(C)C1CN(C2CC2)c2ccc(OC(=O)OC(C)(C)C)cc2N1. The molecule has 0 amide bonds. The minimum absolute atomic E-state index is 0.398. The molecule has 1 aromatic rings. The zero-order valence-corrected chi connectivity index (χ0v) is 15.3. The van der Waals surface area contributed by atoms with Crippen LogP contribution in [0.4, 0.5) is 16.2 Å². The maximum Gasteiger partial charge on any atom is 0.514 e. The molecule has 1 heterocycles. The van der Waals surface area contributed by atoms with Gasteiger partial charge in [-0.15, -0.1) is 0 Å². The maximum atomic E-state index is 11.9. The third-order valence-corrected chi connectivity index (χ3v) is 4.39. The first kappa shape index (κ1) is 16.9. The molecule has 5 nitrogen and oxygen atoms in total. The number of benzene rings is 1. The van der Waals surface area contributed by atoms with E-state index in [1.807, 2.05) is 39.0 Å². The van der Waals surface area contributed by atoms with Crippen LogP contribution in [0.3, 0.4) is 0 Å². The molecule has 0 spiro atoms. The Labute approximate surface area is 144 Å². The maximum absolute atomic E-state index is 11.9. The van der Waals surface area contributed by atoms with Crippen molar-refractivity contribution in [3.05, 3.63) is 18.2 Å². The minimum atomic E-state index is -0.669. The van der Waals surface area contributed by atoms with Crippen molar-refractivity contribution >= 4 is 17.5 Å². The molecule has 1 aromatic carbocycles. The van der Waals surface area contributed by atoms with Crippen molar-refractivity contribution in [3.8, 4) is 5.75 Å². The highest BCUT2D eigenvalue weighted by Gasteiger charge is 2.35. The lowest BCUT2D eigenvalue weighted by molar-refractivity contribution is 0.0206. The van der Waals surface area contributed by atoms with Crippen LogP contribution in [0.2, 0.25) is 0 Å². The zero-order valence-electron chi connectivity index (χ0n) is 15.3. The number of rotatable bonds is 3. The highest BCUT2D eigenvalue weighted by atomic mass is 16.7. The second kappa shape index (κ2) is 6.19. The lowest BCUT2D eigenvalue weighted by Crippen LogP contribution is -2.45. The Morgan fingerprint density at radius 2 is 2.00 bits per heavy atom. The second-order valence-corrected chi connectivity index (χ2v) is 8.12. The normalized spacial score (nSPS) is 20.4. The van der Waals surface area contributed by atoms with Gasteiger partial charge in [0.25, 0.3) is 0 Å². The Bertz CT molecular complexity index is 618. The minimum Gasteiger partial charge on any atom is -0.428 e. The quantitative estimate of drug-likeness (QED) is 0.656. The number of fused-ring (bicyclic) bond motifs is 1. The van der Waals surface area contributed by atoms with Gasteiger partial charge >= 0.3 is 6.16 Å². The van der Waals surface area contributed by atoms with Crippen LogP contribution in [-0.4, -0.2) is 30.4 Å². The Morgan fingerprint density at radius 1 is 1.29 bits per heavy atom. The van der Waals surface area contributed by atoms with E-state index in [2.05, 4.69) is 24.1 Å².